The molecule has 1 aromatic rings. The molecule has 2 unspecified atom stereocenters. The van der Waals surface area contributed by atoms with E-state index >= 15 is 0 Å². The van der Waals surface area contributed by atoms with Crippen LogP contribution in [-0.4, -0.2) is 23.2 Å². The molecule has 2 rings (SSSR count). The number of benzene rings is 1. The Morgan fingerprint density at radius 1 is 1.52 bits per heavy atom. The van der Waals surface area contributed by atoms with Crippen LogP contribution in [0.2, 0.25) is 0 Å². The van der Waals surface area contributed by atoms with Gasteiger partial charge < -0.3 is 10.4 Å². The van der Waals surface area contributed by atoms with Gasteiger partial charge in [0.15, 0.2) is 0 Å². The maximum atomic E-state index is 12.1. The van der Waals surface area contributed by atoms with Gasteiger partial charge in [0.1, 0.15) is 0 Å². The van der Waals surface area contributed by atoms with Crippen LogP contribution >= 0.6 is 0 Å². The predicted molar refractivity (Wildman–Crippen MR) is 85.8 cm³/mol. The van der Waals surface area contributed by atoms with E-state index in [4.69, 9.17) is 0 Å². The molecule has 1 aliphatic rings. The average Bonchev–Trinajstić information content (AvgIpc) is 2.45. The first kappa shape index (κ1) is 15.8. The third-order valence-corrected chi connectivity index (χ3v) is 4.25. The van der Waals surface area contributed by atoms with Crippen LogP contribution in [-0.2, 0) is 4.79 Å². The zero-order valence-electron chi connectivity index (χ0n) is 12.9. The van der Waals surface area contributed by atoms with Crippen molar-refractivity contribution in [3.05, 3.63) is 41.5 Å². The van der Waals surface area contributed by atoms with E-state index in [0.717, 1.165) is 24.8 Å². The lowest BCUT2D eigenvalue weighted by molar-refractivity contribution is -0.119. The molecule has 0 heterocycles. The lowest BCUT2D eigenvalue weighted by Gasteiger charge is -2.39. The average molecular weight is 287 g/mol. The highest BCUT2D eigenvalue weighted by molar-refractivity contribution is 5.92. The van der Waals surface area contributed by atoms with Gasteiger partial charge in [-0.1, -0.05) is 49.6 Å². The Morgan fingerprint density at radius 2 is 2.33 bits per heavy atom. The van der Waals surface area contributed by atoms with Crippen LogP contribution in [0.3, 0.4) is 0 Å². The number of aliphatic hydroxyl groups is 1. The second kappa shape index (κ2) is 6.90. The zero-order chi connectivity index (χ0) is 15.3. The summed E-state index contributed by atoms with van der Waals surface area (Å²) in [6, 6.07) is 8.02. The Hall–Kier alpha value is -1.61. The minimum atomic E-state index is -0.439. The first-order valence-electron chi connectivity index (χ1n) is 7.71. The number of hydrogen-bond donors (Lipinski definition) is 2. The molecule has 1 saturated carbocycles. The van der Waals surface area contributed by atoms with Gasteiger partial charge in [-0.3, -0.25) is 4.79 Å². The summed E-state index contributed by atoms with van der Waals surface area (Å²) in [6.45, 7) is 4.22. The number of hydrogen-bond acceptors (Lipinski definition) is 2. The summed E-state index contributed by atoms with van der Waals surface area (Å²) in [5, 5.41) is 12.7. The van der Waals surface area contributed by atoms with Gasteiger partial charge in [-0.05, 0) is 37.3 Å². The van der Waals surface area contributed by atoms with E-state index in [9.17, 15) is 9.90 Å². The summed E-state index contributed by atoms with van der Waals surface area (Å²) in [4.78, 5) is 12.1. The highest BCUT2D eigenvalue weighted by Gasteiger charge is 2.35. The van der Waals surface area contributed by atoms with Crippen molar-refractivity contribution in [3.63, 3.8) is 0 Å². The first-order chi connectivity index (χ1) is 10.0. The predicted octanol–water partition coefficient (Wildman–Crippen LogP) is 3.07. The standard InChI is InChI=1S/C18H25NO2/c1-14-5-3-7-16(11-14)8-9-17(21)19-18(13-20)10-4-6-15(2)12-18/h3,5,7-9,11,15,20H,4,6,10,12-13H2,1-2H3,(H,19,21). The fourth-order valence-corrected chi connectivity index (χ4v) is 3.21. The molecule has 3 heteroatoms. The monoisotopic (exact) mass is 287 g/mol. The summed E-state index contributed by atoms with van der Waals surface area (Å²) in [7, 11) is 0. The molecule has 0 aliphatic heterocycles. The molecule has 2 N–H and O–H groups in total. The summed E-state index contributed by atoms with van der Waals surface area (Å²) in [5.74, 6) is 0.423. The smallest absolute Gasteiger partial charge is 0.244 e. The Morgan fingerprint density at radius 3 is 3.00 bits per heavy atom. The molecule has 0 aromatic heterocycles. The maximum Gasteiger partial charge on any atom is 0.244 e. The van der Waals surface area contributed by atoms with E-state index in [1.165, 1.54) is 12.0 Å². The summed E-state index contributed by atoms with van der Waals surface area (Å²) in [6.07, 6.45) is 7.33. The van der Waals surface area contributed by atoms with Crippen molar-refractivity contribution in [2.24, 2.45) is 5.92 Å². The van der Waals surface area contributed by atoms with Crippen LogP contribution in [0.5, 0.6) is 0 Å². The van der Waals surface area contributed by atoms with E-state index in [2.05, 4.69) is 12.2 Å². The third kappa shape index (κ3) is 4.43. The molecule has 1 amide bonds. The second-order valence-corrected chi connectivity index (χ2v) is 6.38. The number of carbonyl (C=O) groups is 1. The molecule has 21 heavy (non-hydrogen) atoms. The number of carbonyl (C=O) groups excluding carboxylic acids is 1. The number of amides is 1. The van der Waals surface area contributed by atoms with Crippen LogP contribution in [0.4, 0.5) is 0 Å². The molecule has 0 spiro atoms. The topological polar surface area (TPSA) is 49.3 Å². The van der Waals surface area contributed by atoms with E-state index in [1.807, 2.05) is 37.3 Å². The van der Waals surface area contributed by atoms with Crippen molar-refractivity contribution < 1.29 is 9.90 Å². The van der Waals surface area contributed by atoms with E-state index in [1.54, 1.807) is 6.08 Å². The second-order valence-electron chi connectivity index (χ2n) is 6.38. The van der Waals surface area contributed by atoms with Gasteiger partial charge in [0, 0.05) is 6.08 Å². The van der Waals surface area contributed by atoms with Gasteiger partial charge in [-0.15, -0.1) is 0 Å². The van der Waals surface area contributed by atoms with Crippen LogP contribution in [0, 0.1) is 12.8 Å². The fraction of sp³-hybridized carbons (Fsp3) is 0.500. The van der Waals surface area contributed by atoms with Crippen molar-refractivity contribution in [2.45, 2.75) is 45.1 Å². The van der Waals surface area contributed by atoms with Gasteiger partial charge in [-0.2, -0.15) is 0 Å². The van der Waals surface area contributed by atoms with Gasteiger partial charge in [-0.25, -0.2) is 0 Å². The van der Waals surface area contributed by atoms with Crippen LogP contribution < -0.4 is 5.32 Å². The van der Waals surface area contributed by atoms with Gasteiger partial charge in [0.2, 0.25) is 5.91 Å². The van der Waals surface area contributed by atoms with Crippen LogP contribution in [0.15, 0.2) is 30.3 Å². The normalized spacial score (nSPS) is 26.0. The fourth-order valence-electron chi connectivity index (χ4n) is 3.21. The summed E-state index contributed by atoms with van der Waals surface area (Å²) in [5.41, 5.74) is 1.75. The number of aliphatic hydroxyl groups excluding tert-OH is 1. The molecule has 114 valence electrons. The lowest BCUT2D eigenvalue weighted by Crippen LogP contribution is -2.53. The SMILES string of the molecule is Cc1cccc(C=CC(=O)NC2(CO)CCCC(C)C2)c1. The Kier molecular flexibility index (Phi) is 5.18. The zero-order valence-corrected chi connectivity index (χ0v) is 12.9. The quantitative estimate of drug-likeness (QED) is 0.836. The lowest BCUT2D eigenvalue weighted by atomic mass is 9.77. The third-order valence-electron chi connectivity index (χ3n) is 4.25. The van der Waals surface area contributed by atoms with Gasteiger partial charge >= 0.3 is 0 Å². The van der Waals surface area contributed by atoms with Crippen molar-refractivity contribution >= 4 is 12.0 Å². The molecule has 3 nitrogen and oxygen atoms in total. The Labute approximate surface area is 127 Å². The molecule has 0 saturated heterocycles. The molecule has 0 bridgehead atoms. The van der Waals surface area contributed by atoms with E-state index in [0.29, 0.717) is 5.92 Å². The highest BCUT2D eigenvalue weighted by Crippen LogP contribution is 2.31. The summed E-state index contributed by atoms with van der Waals surface area (Å²) >= 11 is 0. The molecular weight excluding hydrogens is 262 g/mol. The largest absolute Gasteiger partial charge is 0.394 e. The molecule has 1 aliphatic carbocycles. The molecule has 1 aromatic carbocycles. The molecular formula is C18H25NO2. The Bertz CT molecular complexity index is 524. The summed E-state index contributed by atoms with van der Waals surface area (Å²) < 4.78 is 0. The van der Waals surface area contributed by atoms with Crippen molar-refractivity contribution in [1.82, 2.24) is 5.32 Å². The molecule has 2 atom stereocenters. The van der Waals surface area contributed by atoms with Crippen LogP contribution in [0.25, 0.3) is 6.08 Å². The number of nitrogens with one attached hydrogen (secondary N) is 1. The van der Waals surface area contributed by atoms with E-state index < -0.39 is 5.54 Å². The van der Waals surface area contributed by atoms with E-state index in [-0.39, 0.29) is 12.5 Å². The van der Waals surface area contributed by atoms with Gasteiger partial charge in [0.05, 0.1) is 12.1 Å². The van der Waals surface area contributed by atoms with Crippen molar-refractivity contribution in [3.8, 4) is 0 Å². The minimum absolute atomic E-state index is 0.0152. The number of aryl methyl sites for hydroxylation is 1. The number of rotatable bonds is 4. The first-order valence-corrected chi connectivity index (χ1v) is 7.71. The minimum Gasteiger partial charge on any atom is -0.394 e. The van der Waals surface area contributed by atoms with Crippen molar-refractivity contribution in [2.75, 3.05) is 6.61 Å². The van der Waals surface area contributed by atoms with Gasteiger partial charge in [0.25, 0.3) is 0 Å². The van der Waals surface area contributed by atoms with Crippen LogP contribution in [0.1, 0.15) is 43.7 Å². The molecule has 1 fully saturated rings. The van der Waals surface area contributed by atoms with Crippen molar-refractivity contribution in [1.29, 1.82) is 0 Å². The maximum absolute atomic E-state index is 12.1. The highest BCUT2D eigenvalue weighted by atomic mass is 16.3. The Balaban J connectivity index is 2.00. The molecule has 0 radical (unpaired) electrons.